The standard InChI is InChI=1S/C21H24N4O2/c1-27-20-9-5-18(6-10-20)12-15-23-21(26)22-14-11-17-3-7-19(8-4-17)25-16-2-13-24-25/h2-10,13,16H,11-12,14-15H2,1H3,(H2,22,23,26). The third kappa shape index (κ3) is 5.60. The van der Waals surface area contributed by atoms with Crippen LogP contribution in [0.2, 0.25) is 0 Å². The Labute approximate surface area is 159 Å². The van der Waals surface area contributed by atoms with Gasteiger partial charge in [-0.15, -0.1) is 0 Å². The molecule has 0 saturated carbocycles. The summed E-state index contributed by atoms with van der Waals surface area (Å²) in [6.07, 6.45) is 5.23. The fraction of sp³-hybridized carbons (Fsp3) is 0.238. The monoisotopic (exact) mass is 364 g/mol. The number of benzene rings is 2. The van der Waals surface area contributed by atoms with E-state index in [1.54, 1.807) is 13.3 Å². The molecule has 0 aliphatic heterocycles. The molecule has 0 fully saturated rings. The van der Waals surface area contributed by atoms with Crippen molar-refractivity contribution in [1.82, 2.24) is 20.4 Å². The van der Waals surface area contributed by atoms with E-state index in [9.17, 15) is 4.79 Å². The van der Waals surface area contributed by atoms with Crippen LogP contribution < -0.4 is 15.4 Å². The summed E-state index contributed by atoms with van der Waals surface area (Å²) in [6, 6.07) is 17.8. The Bertz CT molecular complexity index is 828. The second kappa shape index (κ2) is 9.43. The van der Waals surface area contributed by atoms with Crippen LogP contribution in [0.1, 0.15) is 11.1 Å². The molecule has 27 heavy (non-hydrogen) atoms. The van der Waals surface area contributed by atoms with Crippen molar-refractivity contribution in [2.75, 3.05) is 20.2 Å². The minimum atomic E-state index is -0.142. The zero-order valence-corrected chi connectivity index (χ0v) is 15.4. The fourth-order valence-corrected chi connectivity index (χ4v) is 2.73. The molecule has 3 rings (SSSR count). The van der Waals surface area contributed by atoms with Gasteiger partial charge in [0.2, 0.25) is 0 Å². The maximum Gasteiger partial charge on any atom is 0.314 e. The molecule has 2 amide bonds. The normalized spacial score (nSPS) is 10.4. The zero-order chi connectivity index (χ0) is 18.9. The Morgan fingerprint density at radius 2 is 1.56 bits per heavy atom. The van der Waals surface area contributed by atoms with Gasteiger partial charge in [0.15, 0.2) is 0 Å². The van der Waals surface area contributed by atoms with Gasteiger partial charge in [0, 0.05) is 25.5 Å². The van der Waals surface area contributed by atoms with E-state index in [2.05, 4.69) is 27.9 Å². The predicted molar refractivity (Wildman–Crippen MR) is 105 cm³/mol. The van der Waals surface area contributed by atoms with Gasteiger partial charge in [-0.05, 0) is 54.3 Å². The van der Waals surface area contributed by atoms with Crippen LogP contribution in [0.25, 0.3) is 5.69 Å². The summed E-state index contributed by atoms with van der Waals surface area (Å²) in [5.41, 5.74) is 3.35. The van der Waals surface area contributed by atoms with Crippen LogP contribution >= 0.6 is 0 Å². The van der Waals surface area contributed by atoms with Gasteiger partial charge in [0.05, 0.1) is 12.8 Å². The topological polar surface area (TPSA) is 68.2 Å². The van der Waals surface area contributed by atoms with Gasteiger partial charge < -0.3 is 15.4 Å². The summed E-state index contributed by atoms with van der Waals surface area (Å²) >= 11 is 0. The molecule has 0 atom stereocenters. The van der Waals surface area contributed by atoms with Crippen LogP contribution in [0.4, 0.5) is 4.79 Å². The van der Waals surface area contributed by atoms with Crippen molar-refractivity contribution in [2.45, 2.75) is 12.8 Å². The Balaban J connectivity index is 1.34. The maximum atomic E-state index is 11.9. The molecular weight excluding hydrogens is 340 g/mol. The average Bonchev–Trinajstić information content (AvgIpc) is 3.24. The highest BCUT2D eigenvalue weighted by atomic mass is 16.5. The predicted octanol–water partition coefficient (Wildman–Crippen LogP) is 2.97. The van der Waals surface area contributed by atoms with Gasteiger partial charge in [-0.25, -0.2) is 9.48 Å². The first-order valence-electron chi connectivity index (χ1n) is 8.98. The number of hydrogen-bond acceptors (Lipinski definition) is 3. The van der Waals surface area contributed by atoms with Crippen molar-refractivity contribution in [2.24, 2.45) is 0 Å². The maximum absolute atomic E-state index is 11.9. The first-order valence-corrected chi connectivity index (χ1v) is 8.98. The molecule has 0 saturated heterocycles. The van der Waals surface area contributed by atoms with Crippen LogP contribution in [-0.2, 0) is 12.8 Å². The number of carbonyl (C=O) groups is 1. The van der Waals surface area contributed by atoms with Gasteiger partial charge in [0.25, 0.3) is 0 Å². The molecule has 0 radical (unpaired) electrons. The molecule has 1 aromatic heterocycles. The molecule has 2 aromatic carbocycles. The Kier molecular flexibility index (Phi) is 6.46. The van der Waals surface area contributed by atoms with Crippen LogP contribution in [0.3, 0.4) is 0 Å². The van der Waals surface area contributed by atoms with Crippen LogP contribution in [0.15, 0.2) is 67.0 Å². The lowest BCUT2D eigenvalue weighted by molar-refractivity contribution is 0.241. The van der Waals surface area contributed by atoms with Crippen molar-refractivity contribution >= 4 is 6.03 Å². The highest BCUT2D eigenvalue weighted by Gasteiger charge is 2.02. The van der Waals surface area contributed by atoms with Crippen LogP contribution in [0, 0.1) is 0 Å². The number of methoxy groups -OCH3 is 1. The molecule has 0 aliphatic rings. The molecule has 0 spiro atoms. The quantitative estimate of drug-likeness (QED) is 0.646. The number of ether oxygens (including phenoxy) is 1. The number of amides is 2. The van der Waals surface area contributed by atoms with Crippen LogP contribution in [0.5, 0.6) is 5.75 Å². The molecule has 140 valence electrons. The van der Waals surface area contributed by atoms with Crippen LogP contribution in [-0.4, -0.2) is 36.0 Å². The Hall–Kier alpha value is -3.28. The van der Waals surface area contributed by atoms with Crippen molar-refractivity contribution in [1.29, 1.82) is 0 Å². The third-order valence-corrected chi connectivity index (χ3v) is 4.26. The summed E-state index contributed by atoms with van der Waals surface area (Å²) in [4.78, 5) is 11.9. The van der Waals surface area contributed by atoms with E-state index >= 15 is 0 Å². The average molecular weight is 364 g/mol. The van der Waals surface area contributed by atoms with Crippen molar-refractivity contribution in [3.8, 4) is 11.4 Å². The zero-order valence-electron chi connectivity index (χ0n) is 15.4. The Morgan fingerprint density at radius 3 is 2.07 bits per heavy atom. The van der Waals surface area contributed by atoms with Gasteiger partial charge in [-0.1, -0.05) is 24.3 Å². The minimum Gasteiger partial charge on any atom is -0.497 e. The van der Waals surface area contributed by atoms with E-state index < -0.39 is 0 Å². The first-order chi connectivity index (χ1) is 13.2. The summed E-state index contributed by atoms with van der Waals surface area (Å²) in [5, 5.41) is 9.98. The summed E-state index contributed by atoms with van der Waals surface area (Å²) in [6.45, 7) is 1.19. The highest BCUT2D eigenvalue weighted by Crippen LogP contribution is 2.11. The highest BCUT2D eigenvalue weighted by molar-refractivity contribution is 5.73. The van der Waals surface area contributed by atoms with Gasteiger partial charge in [-0.2, -0.15) is 5.10 Å². The van der Waals surface area contributed by atoms with Crippen molar-refractivity contribution in [3.05, 3.63) is 78.1 Å². The third-order valence-electron chi connectivity index (χ3n) is 4.26. The second-order valence-corrected chi connectivity index (χ2v) is 6.15. The smallest absolute Gasteiger partial charge is 0.314 e. The number of rotatable bonds is 8. The minimum absolute atomic E-state index is 0.142. The molecule has 0 bridgehead atoms. The lowest BCUT2D eigenvalue weighted by atomic mass is 10.1. The number of carbonyl (C=O) groups excluding carboxylic acids is 1. The van der Waals surface area contributed by atoms with E-state index in [0.29, 0.717) is 13.1 Å². The van der Waals surface area contributed by atoms with Gasteiger partial charge in [0.1, 0.15) is 5.75 Å². The summed E-state index contributed by atoms with van der Waals surface area (Å²) in [5.74, 6) is 0.835. The van der Waals surface area contributed by atoms with Gasteiger partial charge in [-0.3, -0.25) is 0 Å². The molecule has 2 N–H and O–H groups in total. The number of hydrogen-bond donors (Lipinski definition) is 2. The van der Waals surface area contributed by atoms with E-state index in [1.807, 2.05) is 53.3 Å². The lowest BCUT2D eigenvalue weighted by Crippen LogP contribution is -2.37. The fourth-order valence-electron chi connectivity index (χ4n) is 2.73. The molecule has 0 aliphatic carbocycles. The van der Waals surface area contributed by atoms with Gasteiger partial charge >= 0.3 is 6.03 Å². The summed E-state index contributed by atoms with van der Waals surface area (Å²) < 4.78 is 6.95. The van der Waals surface area contributed by atoms with E-state index in [1.165, 1.54) is 5.56 Å². The number of urea groups is 1. The lowest BCUT2D eigenvalue weighted by Gasteiger charge is -2.09. The SMILES string of the molecule is COc1ccc(CCNC(=O)NCCc2ccc(-n3cccn3)cc2)cc1. The molecule has 6 heteroatoms. The van der Waals surface area contributed by atoms with Crippen molar-refractivity contribution < 1.29 is 9.53 Å². The molecule has 6 nitrogen and oxygen atoms in total. The first kappa shape index (κ1) is 18.5. The summed E-state index contributed by atoms with van der Waals surface area (Å²) in [7, 11) is 1.65. The largest absolute Gasteiger partial charge is 0.497 e. The van der Waals surface area contributed by atoms with E-state index in [4.69, 9.17) is 4.74 Å². The van der Waals surface area contributed by atoms with E-state index in [-0.39, 0.29) is 6.03 Å². The number of aromatic nitrogens is 2. The second-order valence-electron chi connectivity index (χ2n) is 6.15. The molecule has 0 unspecified atom stereocenters. The van der Waals surface area contributed by atoms with E-state index in [0.717, 1.165) is 29.8 Å². The number of nitrogens with zero attached hydrogens (tertiary/aromatic N) is 2. The number of nitrogens with one attached hydrogen (secondary N) is 2. The molecular formula is C21H24N4O2. The molecule has 3 aromatic rings. The Morgan fingerprint density at radius 1 is 0.963 bits per heavy atom. The van der Waals surface area contributed by atoms with Crippen molar-refractivity contribution in [3.63, 3.8) is 0 Å². The molecule has 1 heterocycles.